The summed E-state index contributed by atoms with van der Waals surface area (Å²) in [5.41, 5.74) is 0.606. The van der Waals surface area contributed by atoms with Crippen molar-refractivity contribution in [3.8, 4) is 5.75 Å². The summed E-state index contributed by atoms with van der Waals surface area (Å²) in [5, 5.41) is 0. The molecule has 0 fully saturated rings. The minimum absolute atomic E-state index is 0.0822. The molecule has 0 aliphatic rings. The van der Waals surface area contributed by atoms with E-state index in [1.54, 1.807) is 0 Å². The van der Waals surface area contributed by atoms with Crippen LogP contribution in [0, 0.1) is 5.82 Å². The lowest BCUT2D eigenvalue weighted by atomic mass is 10.1. The fourth-order valence-electron chi connectivity index (χ4n) is 1.08. The largest absolute Gasteiger partial charge is 0.496 e. The highest BCUT2D eigenvalue weighted by Gasteiger charge is 2.06. The summed E-state index contributed by atoms with van der Waals surface area (Å²) < 4.78 is 18.5. The Bertz CT molecular complexity index is 432. The molecule has 0 amide bonds. The first-order chi connectivity index (χ1) is 7.58. The Kier molecular flexibility index (Phi) is 4.96. The van der Waals surface area contributed by atoms with Crippen LogP contribution in [-0.4, -0.2) is 18.8 Å². The topological polar surface area (TPSA) is 26.3 Å². The number of allylic oxidation sites excluding steroid dienone is 1. The molecule has 0 aliphatic carbocycles. The maximum Gasteiger partial charge on any atom is 0.170 e. The quantitative estimate of drug-likeness (QED) is 0.629. The van der Waals surface area contributed by atoms with Gasteiger partial charge in [-0.3, -0.25) is 4.79 Å². The van der Waals surface area contributed by atoms with Gasteiger partial charge < -0.3 is 4.74 Å². The van der Waals surface area contributed by atoms with Crippen LogP contribution in [0.15, 0.2) is 22.7 Å². The molecule has 1 aromatic carbocycles. The van der Waals surface area contributed by atoms with E-state index in [1.165, 1.54) is 31.4 Å². The average Bonchev–Trinajstić information content (AvgIpc) is 2.29. The van der Waals surface area contributed by atoms with Gasteiger partial charge >= 0.3 is 0 Å². The van der Waals surface area contributed by atoms with Crippen molar-refractivity contribution in [1.82, 2.24) is 0 Å². The van der Waals surface area contributed by atoms with Gasteiger partial charge in [0.1, 0.15) is 11.6 Å². The summed E-state index contributed by atoms with van der Waals surface area (Å²) >= 11 is 8.41. The van der Waals surface area contributed by atoms with Crippen molar-refractivity contribution in [3.63, 3.8) is 0 Å². The van der Waals surface area contributed by atoms with Gasteiger partial charge in [-0.25, -0.2) is 4.39 Å². The number of ketones is 1. The van der Waals surface area contributed by atoms with E-state index in [1.807, 2.05) is 0 Å². The van der Waals surface area contributed by atoms with E-state index in [0.29, 0.717) is 15.8 Å². The smallest absolute Gasteiger partial charge is 0.170 e. The van der Waals surface area contributed by atoms with Crippen LogP contribution in [0.2, 0.25) is 0 Å². The first-order valence-corrected chi connectivity index (χ1v) is 5.71. The highest BCUT2D eigenvalue weighted by atomic mass is 79.9. The first kappa shape index (κ1) is 13.2. The number of hydrogen-bond donors (Lipinski definition) is 0. The van der Waals surface area contributed by atoms with E-state index in [0.717, 1.165) is 0 Å². The van der Waals surface area contributed by atoms with Gasteiger partial charge in [-0.2, -0.15) is 0 Å². The zero-order valence-corrected chi connectivity index (χ0v) is 10.8. The summed E-state index contributed by atoms with van der Waals surface area (Å²) in [7, 11) is 1.43. The number of rotatable bonds is 4. The summed E-state index contributed by atoms with van der Waals surface area (Å²) in [4.78, 5) is 11.0. The maximum absolute atomic E-state index is 13.2. The standard InChI is InChI=1S/C11H9BrClFO2/c1-16-11-5-10(14)9(12)4-7(11)2-3-8(15)6-13/h2-5H,6H2,1H3/b3-2+. The third kappa shape index (κ3) is 3.32. The molecule has 0 spiro atoms. The summed E-state index contributed by atoms with van der Waals surface area (Å²) in [6.07, 6.45) is 2.86. The van der Waals surface area contributed by atoms with Crippen molar-refractivity contribution >= 4 is 39.4 Å². The summed E-state index contributed by atoms with van der Waals surface area (Å²) in [6, 6.07) is 2.78. The lowest BCUT2D eigenvalue weighted by molar-refractivity contribution is -0.112. The normalized spacial score (nSPS) is 10.8. The summed E-state index contributed by atoms with van der Waals surface area (Å²) in [6.45, 7) is 0. The van der Waals surface area contributed by atoms with Crippen molar-refractivity contribution in [2.24, 2.45) is 0 Å². The molecule has 0 N–H and O–H groups in total. The third-order valence-corrected chi connectivity index (χ3v) is 2.72. The number of carbonyl (C=O) groups excluding carboxylic acids is 1. The van der Waals surface area contributed by atoms with E-state index >= 15 is 0 Å². The van der Waals surface area contributed by atoms with Crippen molar-refractivity contribution in [1.29, 1.82) is 0 Å². The fraction of sp³-hybridized carbons (Fsp3) is 0.182. The Morgan fingerprint density at radius 3 is 2.88 bits per heavy atom. The first-order valence-electron chi connectivity index (χ1n) is 4.38. The lowest BCUT2D eigenvalue weighted by Crippen LogP contribution is -1.93. The molecule has 0 unspecified atom stereocenters. The van der Waals surface area contributed by atoms with Crippen LogP contribution in [0.25, 0.3) is 6.08 Å². The molecule has 0 saturated heterocycles. The molecule has 0 radical (unpaired) electrons. The average molecular weight is 308 g/mol. The van der Waals surface area contributed by atoms with E-state index in [-0.39, 0.29) is 11.7 Å². The fourth-order valence-corrected chi connectivity index (χ4v) is 1.53. The minimum Gasteiger partial charge on any atom is -0.496 e. The van der Waals surface area contributed by atoms with Crippen molar-refractivity contribution in [3.05, 3.63) is 34.1 Å². The van der Waals surface area contributed by atoms with Gasteiger partial charge in [0.15, 0.2) is 5.78 Å². The zero-order chi connectivity index (χ0) is 12.1. The molecule has 86 valence electrons. The predicted molar refractivity (Wildman–Crippen MR) is 65.4 cm³/mol. The van der Waals surface area contributed by atoms with Crippen LogP contribution in [0.3, 0.4) is 0 Å². The molecule has 0 saturated carbocycles. The number of hydrogen-bond acceptors (Lipinski definition) is 2. The third-order valence-electron chi connectivity index (χ3n) is 1.85. The Labute approximate surface area is 106 Å². The van der Waals surface area contributed by atoms with Crippen LogP contribution in [0.4, 0.5) is 4.39 Å². The molecule has 0 heterocycles. The highest BCUT2D eigenvalue weighted by molar-refractivity contribution is 9.10. The second-order valence-corrected chi connectivity index (χ2v) is 4.06. The molecule has 0 aromatic heterocycles. The maximum atomic E-state index is 13.2. The Balaban J connectivity index is 3.07. The number of alkyl halides is 1. The van der Waals surface area contributed by atoms with Crippen LogP contribution in [0.1, 0.15) is 5.56 Å². The zero-order valence-electron chi connectivity index (χ0n) is 8.47. The Morgan fingerprint density at radius 1 is 1.62 bits per heavy atom. The van der Waals surface area contributed by atoms with Gasteiger partial charge in [-0.05, 0) is 34.1 Å². The van der Waals surface area contributed by atoms with Crippen molar-refractivity contribution < 1.29 is 13.9 Å². The number of ether oxygens (including phenoxy) is 1. The predicted octanol–water partition coefficient (Wildman–Crippen LogP) is 3.42. The van der Waals surface area contributed by atoms with E-state index in [9.17, 15) is 9.18 Å². The molecule has 1 rings (SSSR count). The molecule has 5 heteroatoms. The molecule has 0 atom stereocenters. The molecule has 2 nitrogen and oxygen atoms in total. The van der Waals surface area contributed by atoms with E-state index in [4.69, 9.17) is 16.3 Å². The van der Waals surface area contributed by atoms with E-state index in [2.05, 4.69) is 15.9 Å². The van der Waals surface area contributed by atoms with Crippen LogP contribution < -0.4 is 4.74 Å². The molecule has 1 aromatic rings. The number of methoxy groups -OCH3 is 1. The Morgan fingerprint density at radius 2 is 2.31 bits per heavy atom. The number of benzene rings is 1. The highest BCUT2D eigenvalue weighted by Crippen LogP contribution is 2.27. The second-order valence-electron chi connectivity index (χ2n) is 2.94. The Hall–Kier alpha value is -0.870. The molecule has 0 aliphatic heterocycles. The number of halogens is 3. The van der Waals surface area contributed by atoms with Gasteiger partial charge in [-0.15, -0.1) is 11.6 Å². The van der Waals surface area contributed by atoms with Gasteiger partial charge in [-0.1, -0.05) is 0 Å². The SMILES string of the molecule is COc1cc(F)c(Br)cc1/C=C/C(=O)CCl. The lowest BCUT2D eigenvalue weighted by Gasteiger charge is -2.05. The minimum atomic E-state index is -0.419. The van der Waals surface area contributed by atoms with Crippen molar-refractivity contribution in [2.75, 3.05) is 13.0 Å². The molecule has 16 heavy (non-hydrogen) atoms. The van der Waals surface area contributed by atoms with Gasteiger partial charge in [0, 0.05) is 11.6 Å². The van der Waals surface area contributed by atoms with Crippen LogP contribution >= 0.6 is 27.5 Å². The van der Waals surface area contributed by atoms with Gasteiger partial charge in [0.2, 0.25) is 0 Å². The van der Waals surface area contributed by atoms with Gasteiger partial charge in [0.25, 0.3) is 0 Å². The molecular weight excluding hydrogens is 298 g/mol. The van der Waals surface area contributed by atoms with E-state index < -0.39 is 5.82 Å². The summed E-state index contributed by atoms with van der Waals surface area (Å²) in [5.74, 6) is -0.359. The van der Waals surface area contributed by atoms with Gasteiger partial charge in [0.05, 0.1) is 17.5 Å². The molecular formula is C11H9BrClFO2. The van der Waals surface area contributed by atoms with Crippen LogP contribution in [-0.2, 0) is 4.79 Å². The monoisotopic (exact) mass is 306 g/mol. The molecule has 0 bridgehead atoms. The number of carbonyl (C=O) groups is 1. The second kappa shape index (κ2) is 6.01. The van der Waals surface area contributed by atoms with Crippen LogP contribution in [0.5, 0.6) is 5.75 Å². The van der Waals surface area contributed by atoms with Crippen molar-refractivity contribution in [2.45, 2.75) is 0 Å².